The number of rotatable bonds is 4. The molecule has 0 atom stereocenters. The molecule has 0 radical (unpaired) electrons. The zero-order valence-corrected chi connectivity index (χ0v) is 13.0. The topological polar surface area (TPSA) is 39.8 Å². The summed E-state index contributed by atoms with van der Waals surface area (Å²) in [5.74, 6) is -1.67. The molecule has 2 aromatic heterocycles. The van der Waals surface area contributed by atoms with E-state index in [0.29, 0.717) is 30.5 Å². The van der Waals surface area contributed by atoms with Gasteiger partial charge in [0.25, 0.3) is 0 Å². The summed E-state index contributed by atoms with van der Waals surface area (Å²) in [5.41, 5.74) is 2.30. The smallest absolute Gasteiger partial charge is 0.207 e. The van der Waals surface area contributed by atoms with Crippen LogP contribution in [0.1, 0.15) is 18.2 Å². The number of aryl methyl sites for hydroxylation is 4. The van der Waals surface area contributed by atoms with E-state index in [9.17, 15) is 13.6 Å². The van der Waals surface area contributed by atoms with Gasteiger partial charge in [0.2, 0.25) is 5.43 Å². The number of benzene rings is 1. The first-order chi connectivity index (χ1) is 11.0. The predicted molar refractivity (Wildman–Crippen MR) is 84.4 cm³/mol. The van der Waals surface area contributed by atoms with Gasteiger partial charge in [0.1, 0.15) is 5.52 Å². The SMILES string of the molecule is CCn1c(CCc2cccc(F)c2F)cc(=O)c2c1cnn2C. The van der Waals surface area contributed by atoms with Gasteiger partial charge in [-0.05, 0) is 31.4 Å². The zero-order chi connectivity index (χ0) is 16.6. The second-order valence-electron chi connectivity index (χ2n) is 5.46. The highest BCUT2D eigenvalue weighted by Crippen LogP contribution is 2.17. The van der Waals surface area contributed by atoms with Crippen molar-refractivity contribution >= 4 is 11.0 Å². The average molecular weight is 317 g/mol. The number of halogens is 2. The van der Waals surface area contributed by atoms with E-state index in [0.717, 1.165) is 17.3 Å². The molecule has 0 amide bonds. The number of hydrogen-bond donors (Lipinski definition) is 0. The quantitative estimate of drug-likeness (QED) is 0.742. The van der Waals surface area contributed by atoms with Crippen LogP contribution in [0.25, 0.3) is 11.0 Å². The molecule has 6 heteroatoms. The third kappa shape index (κ3) is 2.65. The summed E-state index contributed by atoms with van der Waals surface area (Å²) in [6.45, 7) is 2.65. The minimum Gasteiger partial charge on any atom is -0.342 e. The van der Waals surface area contributed by atoms with E-state index < -0.39 is 11.6 Å². The van der Waals surface area contributed by atoms with Crippen molar-refractivity contribution in [2.24, 2.45) is 7.05 Å². The van der Waals surface area contributed by atoms with Gasteiger partial charge in [0, 0.05) is 25.4 Å². The van der Waals surface area contributed by atoms with E-state index in [1.165, 1.54) is 6.07 Å². The monoisotopic (exact) mass is 317 g/mol. The van der Waals surface area contributed by atoms with Gasteiger partial charge in [0.05, 0.1) is 11.7 Å². The summed E-state index contributed by atoms with van der Waals surface area (Å²) in [6, 6.07) is 5.72. The van der Waals surface area contributed by atoms with Gasteiger partial charge in [-0.1, -0.05) is 12.1 Å². The Morgan fingerprint density at radius 3 is 2.74 bits per heavy atom. The lowest BCUT2D eigenvalue weighted by atomic mass is 10.1. The van der Waals surface area contributed by atoms with Crippen LogP contribution in [0.5, 0.6) is 0 Å². The highest BCUT2D eigenvalue weighted by molar-refractivity contribution is 5.74. The molecule has 0 saturated carbocycles. The van der Waals surface area contributed by atoms with Crippen LogP contribution in [0.15, 0.2) is 35.3 Å². The van der Waals surface area contributed by atoms with Crippen LogP contribution in [0.3, 0.4) is 0 Å². The Kier molecular flexibility index (Phi) is 3.98. The molecule has 0 bridgehead atoms. The van der Waals surface area contributed by atoms with E-state index in [4.69, 9.17) is 0 Å². The molecule has 0 fully saturated rings. The van der Waals surface area contributed by atoms with Crippen molar-refractivity contribution in [1.82, 2.24) is 14.3 Å². The molecule has 120 valence electrons. The predicted octanol–water partition coefficient (Wildman–Crippen LogP) is 2.82. The fourth-order valence-corrected chi connectivity index (χ4v) is 2.95. The molecular formula is C17H17F2N3O. The van der Waals surface area contributed by atoms with Crippen molar-refractivity contribution in [1.29, 1.82) is 0 Å². The summed E-state index contributed by atoms with van der Waals surface area (Å²) in [4.78, 5) is 12.3. The summed E-state index contributed by atoms with van der Waals surface area (Å²) in [7, 11) is 1.73. The number of aromatic nitrogens is 3. The molecule has 0 aliphatic carbocycles. The van der Waals surface area contributed by atoms with E-state index in [-0.39, 0.29) is 5.43 Å². The van der Waals surface area contributed by atoms with Gasteiger partial charge in [0.15, 0.2) is 11.6 Å². The molecule has 23 heavy (non-hydrogen) atoms. The molecule has 3 rings (SSSR count). The van der Waals surface area contributed by atoms with Crippen LogP contribution >= 0.6 is 0 Å². The molecule has 2 heterocycles. The molecule has 0 spiro atoms. The molecule has 0 unspecified atom stereocenters. The van der Waals surface area contributed by atoms with E-state index in [2.05, 4.69) is 5.10 Å². The Hall–Kier alpha value is -2.50. The van der Waals surface area contributed by atoms with Gasteiger partial charge < -0.3 is 4.57 Å². The maximum absolute atomic E-state index is 13.8. The lowest BCUT2D eigenvalue weighted by molar-refractivity contribution is 0.498. The standard InChI is InChI=1S/C17H17F2N3O/c1-3-22-12(8-7-11-5-4-6-13(18)16(11)19)9-15(23)17-14(22)10-20-21(17)2/h4-6,9-10H,3,7-8H2,1-2H3. The number of pyridine rings is 1. The minimum absolute atomic E-state index is 0.112. The summed E-state index contributed by atoms with van der Waals surface area (Å²) in [5, 5.41) is 4.14. The maximum atomic E-state index is 13.8. The Balaban J connectivity index is 2.00. The first kappa shape index (κ1) is 15.4. The van der Waals surface area contributed by atoms with Gasteiger partial charge >= 0.3 is 0 Å². The summed E-state index contributed by atoms with van der Waals surface area (Å²) in [6.07, 6.45) is 2.44. The van der Waals surface area contributed by atoms with Crippen molar-refractivity contribution < 1.29 is 8.78 Å². The molecule has 0 aliphatic heterocycles. The van der Waals surface area contributed by atoms with E-state index >= 15 is 0 Å². The third-order valence-corrected chi connectivity index (χ3v) is 4.09. The molecule has 4 nitrogen and oxygen atoms in total. The number of nitrogens with zero attached hydrogens (tertiary/aromatic N) is 3. The van der Waals surface area contributed by atoms with Gasteiger partial charge in [-0.25, -0.2) is 8.78 Å². The van der Waals surface area contributed by atoms with Crippen LogP contribution in [0, 0.1) is 11.6 Å². The van der Waals surface area contributed by atoms with Crippen molar-refractivity contribution in [3.63, 3.8) is 0 Å². The number of hydrogen-bond acceptors (Lipinski definition) is 2. The normalized spacial score (nSPS) is 11.3. The molecular weight excluding hydrogens is 300 g/mol. The van der Waals surface area contributed by atoms with Crippen molar-refractivity contribution in [2.75, 3.05) is 0 Å². The zero-order valence-electron chi connectivity index (χ0n) is 13.0. The van der Waals surface area contributed by atoms with Crippen LogP contribution < -0.4 is 5.43 Å². The van der Waals surface area contributed by atoms with Crippen molar-refractivity contribution in [3.8, 4) is 0 Å². The Labute approximate surface area is 132 Å². The van der Waals surface area contributed by atoms with Crippen LogP contribution in [-0.2, 0) is 26.4 Å². The third-order valence-electron chi connectivity index (χ3n) is 4.09. The molecule has 1 aromatic carbocycles. The molecule has 0 saturated heterocycles. The number of fused-ring (bicyclic) bond motifs is 1. The fourth-order valence-electron chi connectivity index (χ4n) is 2.95. The minimum atomic E-state index is -0.849. The second-order valence-corrected chi connectivity index (χ2v) is 5.46. The Morgan fingerprint density at radius 2 is 2.00 bits per heavy atom. The van der Waals surface area contributed by atoms with E-state index in [1.807, 2.05) is 11.5 Å². The van der Waals surface area contributed by atoms with Crippen molar-refractivity contribution in [3.05, 3.63) is 63.6 Å². The molecule has 0 N–H and O–H groups in total. The van der Waals surface area contributed by atoms with Crippen LogP contribution in [0.4, 0.5) is 8.78 Å². The lowest BCUT2D eigenvalue weighted by Crippen LogP contribution is -2.15. The van der Waals surface area contributed by atoms with Crippen LogP contribution in [-0.4, -0.2) is 14.3 Å². The Bertz CT molecular complexity index is 927. The summed E-state index contributed by atoms with van der Waals surface area (Å²) >= 11 is 0. The second kappa shape index (κ2) is 5.95. The highest BCUT2D eigenvalue weighted by Gasteiger charge is 2.13. The molecule has 3 aromatic rings. The van der Waals surface area contributed by atoms with Crippen LogP contribution in [0.2, 0.25) is 0 Å². The molecule has 0 aliphatic rings. The van der Waals surface area contributed by atoms with E-state index in [1.54, 1.807) is 30.1 Å². The van der Waals surface area contributed by atoms with Gasteiger partial charge in [-0.3, -0.25) is 9.48 Å². The summed E-state index contributed by atoms with van der Waals surface area (Å²) < 4.78 is 30.6. The Morgan fingerprint density at radius 1 is 1.22 bits per heavy atom. The average Bonchev–Trinajstić information content (AvgIpc) is 2.91. The fraction of sp³-hybridized carbons (Fsp3) is 0.294. The van der Waals surface area contributed by atoms with Gasteiger partial charge in [-0.15, -0.1) is 0 Å². The lowest BCUT2D eigenvalue weighted by Gasteiger charge is -2.13. The van der Waals surface area contributed by atoms with Crippen molar-refractivity contribution in [2.45, 2.75) is 26.3 Å². The van der Waals surface area contributed by atoms with Gasteiger partial charge in [-0.2, -0.15) is 5.10 Å². The maximum Gasteiger partial charge on any atom is 0.207 e. The first-order valence-corrected chi connectivity index (χ1v) is 7.50. The highest BCUT2D eigenvalue weighted by atomic mass is 19.2. The largest absolute Gasteiger partial charge is 0.342 e. The first-order valence-electron chi connectivity index (χ1n) is 7.50.